The molecule has 0 bridgehead atoms. The number of allylic oxidation sites excluding steroid dienone is 2. The number of carboxylic acid groups (broad SMARTS) is 3. The molecule has 0 radical (unpaired) electrons. The van der Waals surface area contributed by atoms with E-state index in [1.54, 1.807) is 0 Å². The fraction of sp³-hybridized carbons (Fsp3) is 0.711. The van der Waals surface area contributed by atoms with Gasteiger partial charge in [-0.2, -0.15) is 0 Å². The predicted octanol–water partition coefficient (Wildman–Crippen LogP) is 6.59. The van der Waals surface area contributed by atoms with Crippen LogP contribution in [0.15, 0.2) is 36.0 Å². The lowest BCUT2D eigenvalue weighted by atomic mass is 9.33. The Morgan fingerprint density at radius 3 is 2.02 bits per heavy atom. The van der Waals surface area contributed by atoms with E-state index in [0.717, 1.165) is 69.2 Å². The minimum Gasteiger partial charge on any atom is -0.481 e. The van der Waals surface area contributed by atoms with E-state index in [-0.39, 0.29) is 46.0 Å². The Balaban J connectivity index is 1.51. The minimum atomic E-state index is -1.27. The minimum absolute atomic E-state index is 0.00153. The molecule has 0 heterocycles. The van der Waals surface area contributed by atoms with Crippen LogP contribution < -0.4 is 0 Å². The Labute approximate surface area is 283 Å². The van der Waals surface area contributed by atoms with Crippen LogP contribution in [0.4, 0.5) is 0 Å². The molecule has 10 heteroatoms. The first kappa shape index (κ1) is 35.9. The molecule has 0 spiro atoms. The lowest BCUT2D eigenvalue weighted by molar-refractivity contribution is -0.225. The molecule has 0 aromatic heterocycles. The molecule has 4 fully saturated rings. The molecule has 48 heavy (non-hydrogen) atoms. The highest BCUT2D eigenvalue weighted by molar-refractivity contribution is 5.91. The third kappa shape index (κ3) is 5.70. The molecule has 5 aliphatic carbocycles. The molecular formula is C38H52O10. The van der Waals surface area contributed by atoms with Crippen molar-refractivity contribution in [1.82, 2.24) is 0 Å². The van der Waals surface area contributed by atoms with Crippen LogP contribution in [0, 0.1) is 50.2 Å². The molecule has 0 aliphatic heterocycles. The zero-order valence-corrected chi connectivity index (χ0v) is 29.2. The molecule has 3 N–H and O–H groups in total. The van der Waals surface area contributed by atoms with Gasteiger partial charge in [0.15, 0.2) is 0 Å². The van der Waals surface area contributed by atoms with Crippen LogP contribution in [-0.4, -0.2) is 57.9 Å². The van der Waals surface area contributed by atoms with Gasteiger partial charge in [0, 0.05) is 29.7 Å². The lowest BCUT2D eigenvalue weighted by Gasteiger charge is -2.71. The first-order valence-electron chi connectivity index (χ1n) is 17.4. The average molecular weight is 669 g/mol. The van der Waals surface area contributed by atoms with E-state index >= 15 is 0 Å². The van der Waals surface area contributed by atoms with E-state index in [1.807, 2.05) is 6.92 Å². The summed E-state index contributed by atoms with van der Waals surface area (Å²) in [5.41, 5.74) is -0.710. The summed E-state index contributed by atoms with van der Waals surface area (Å²) in [7, 11) is 0. The van der Waals surface area contributed by atoms with Crippen LogP contribution in [0.1, 0.15) is 106 Å². The first-order chi connectivity index (χ1) is 22.2. The normalized spacial score (nSPS) is 41.6. The van der Waals surface area contributed by atoms with Crippen molar-refractivity contribution >= 4 is 29.8 Å². The number of rotatable bonds is 8. The highest BCUT2D eigenvalue weighted by atomic mass is 16.6. The summed E-state index contributed by atoms with van der Waals surface area (Å²) in [6.07, 6.45) is 12.6. The van der Waals surface area contributed by atoms with Gasteiger partial charge < -0.3 is 24.8 Å². The predicted molar refractivity (Wildman–Crippen MR) is 175 cm³/mol. The van der Waals surface area contributed by atoms with Crippen LogP contribution in [0.25, 0.3) is 0 Å². The van der Waals surface area contributed by atoms with E-state index in [4.69, 9.17) is 19.7 Å². The van der Waals surface area contributed by atoms with E-state index in [0.29, 0.717) is 19.3 Å². The van der Waals surface area contributed by atoms with Crippen LogP contribution in [-0.2, 0) is 33.4 Å². The van der Waals surface area contributed by atoms with Gasteiger partial charge in [-0.05, 0) is 104 Å². The number of fused-ring (bicyclic) bond motifs is 7. The average Bonchev–Trinajstić information content (AvgIpc) is 2.99. The summed E-state index contributed by atoms with van der Waals surface area (Å²) in [4.78, 5) is 60.4. The summed E-state index contributed by atoms with van der Waals surface area (Å²) in [5.74, 6) is -4.60. The topological polar surface area (TPSA) is 164 Å². The molecule has 0 amide bonds. The highest BCUT2D eigenvalue weighted by Gasteiger charge is 2.70. The van der Waals surface area contributed by atoms with Crippen molar-refractivity contribution in [3.05, 3.63) is 36.0 Å². The van der Waals surface area contributed by atoms with Crippen molar-refractivity contribution in [3.63, 3.8) is 0 Å². The number of hydrogen-bond donors (Lipinski definition) is 3. The van der Waals surface area contributed by atoms with Crippen molar-refractivity contribution < 1.29 is 48.8 Å². The van der Waals surface area contributed by atoms with Crippen molar-refractivity contribution in [3.8, 4) is 0 Å². The smallest absolute Gasteiger partial charge is 0.331 e. The molecule has 0 saturated heterocycles. The largest absolute Gasteiger partial charge is 0.481 e. The molecule has 4 saturated carbocycles. The third-order valence-corrected chi connectivity index (χ3v) is 14.3. The number of carbonyl (C=O) groups excluding carboxylic acids is 2. The molecule has 0 aromatic carbocycles. The molecule has 5 rings (SSSR count). The van der Waals surface area contributed by atoms with Gasteiger partial charge in [0.25, 0.3) is 0 Å². The molecule has 1 unspecified atom stereocenters. The molecule has 10 nitrogen and oxygen atoms in total. The van der Waals surface area contributed by atoms with Crippen molar-refractivity contribution in [2.75, 3.05) is 6.61 Å². The van der Waals surface area contributed by atoms with Crippen LogP contribution >= 0.6 is 0 Å². The Hall–Kier alpha value is -3.43. The molecule has 0 aromatic rings. The number of carboxylic acids is 3. The van der Waals surface area contributed by atoms with Gasteiger partial charge in [0.05, 0.1) is 5.41 Å². The van der Waals surface area contributed by atoms with E-state index < -0.39 is 46.8 Å². The van der Waals surface area contributed by atoms with Crippen LogP contribution in [0.5, 0.6) is 0 Å². The van der Waals surface area contributed by atoms with Crippen molar-refractivity contribution in [2.24, 2.45) is 50.2 Å². The molecular weight excluding hydrogens is 616 g/mol. The zero-order valence-electron chi connectivity index (χ0n) is 29.2. The van der Waals surface area contributed by atoms with Gasteiger partial charge in [-0.15, -0.1) is 0 Å². The fourth-order valence-corrected chi connectivity index (χ4v) is 11.5. The summed E-state index contributed by atoms with van der Waals surface area (Å²) in [5, 5.41) is 28.7. The number of carbonyl (C=O) groups is 5. The van der Waals surface area contributed by atoms with Crippen molar-refractivity contribution in [1.29, 1.82) is 0 Å². The first-order valence-corrected chi connectivity index (χ1v) is 17.4. The van der Waals surface area contributed by atoms with E-state index in [9.17, 15) is 29.1 Å². The maximum absolute atomic E-state index is 13.0. The molecule has 9 atom stereocenters. The van der Waals surface area contributed by atoms with Crippen LogP contribution in [0.2, 0.25) is 0 Å². The summed E-state index contributed by atoms with van der Waals surface area (Å²) in [6, 6.07) is 0. The van der Waals surface area contributed by atoms with Gasteiger partial charge in [0.1, 0.15) is 12.7 Å². The monoisotopic (exact) mass is 668 g/mol. The summed E-state index contributed by atoms with van der Waals surface area (Å²) in [6.45, 7) is 13.5. The SMILES string of the molecule is CC1(C)CC[C@]2(C(=O)O)CC[C@]3(C)C(=CC[C@@H]4[C@@]5(C)CC[C@H](OC(=O)/C=C\C(=O)O)C(C)(COC(=O)/C=C\C(=O)O)[C@@H]5CC[C@]43C)[C@@H]2C1. The molecule has 264 valence electrons. The van der Waals surface area contributed by atoms with Gasteiger partial charge in [0.2, 0.25) is 0 Å². The quantitative estimate of drug-likeness (QED) is 0.146. The Morgan fingerprint density at radius 2 is 1.40 bits per heavy atom. The Kier molecular flexibility index (Phi) is 9.09. The van der Waals surface area contributed by atoms with E-state index in [1.165, 1.54) is 5.57 Å². The summed E-state index contributed by atoms with van der Waals surface area (Å²) >= 11 is 0. The standard InChI is InChI=1S/C38H52O10/c1-33(2)17-19-38(32(45)46)20-18-36(5)23(24(38)21-33)7-8-26-34(3)15-14-27(48-31(44)12-10-29(41)42)35(4,25(34)13-16-37(26,36)6)22-47-30(43)11-9-28(39)40/h7,9-12,24-27H,8,13-22H2,1-6H3,(H,39,40)(H,41,42)(H,45,46)/b11-9-,12-10-/t24-,25+,26+,27-,34-,35?,36+,37+,38-/m0/s1. The number of ether oxygens (including phenoxy) is 2. The fourth-order valence-electron chi connectivity index (χ4n) is 11.5. The second-order valence-corrected chi connectivity index (χ2v) is 17.1. The zero-order chi connectivity index (χ0) is 35.5. The van der Waals surface area contributed by atoms with Gasteiger partial charge in [-0.1, -0.05) is 53.2 Å². The van der Waals surface area contributed by atoms with E-state index in [2.05, 4.69) is 40.7 Å². The third-order valence-electron chi connectivity index (χ3n) is 14.3. The number of esters is 2. The maximum atomic E-state index is 13.0. The molecule has 5 aliphatic rings. The van der Waals surface area contributed by atoms with Gasteiger partial charge in [-0.25, -0.2) is 19.2 Å². The second-order valence-electron chi connectivity index (χ2n) is 17.1. The number of hydrogen-bond acceptors (Lipinski definition) is 7. The maximum Gasteiger partial charge on any atom is 0.331 e. The highest BCUT2D eigenvalue weighted by Crippen LogP contribution is 2.76. The van der Waals surface area contributed by atoms with Gasteiger partial charge in [-0.3, -0.25) is 4.79 Å². The van der Waals surface area contributed by atoms with Crippen molar-refractivity contribution in [2.45, 2.75) is 112 Å². The summed E-state index contributed by atoms with van der Waals surface area (Å²) < 4.78 is 11.6. The number of aliphatic carboxylic acids is 3. The Morgan fingerprint density at radius 1 is 0.771 bits per heavy atom. The Bertz CT molecular complexity index is 1470. The second kappa shape index (κ2) is 12.2. The van der Waals surface area contributed by atoms with Crippen LogP contribution in [0.3, 0.4) is 0 Å². The lowest BCUT2D eigenvalue weighted by Crippen LogP contribution is -2.66. The van der Waals surface area contributed by atoms with Gasteiger partial charge >= 0.3 is 29.8 Å².